The van der Waals surface area contributed by atoms with Gasteiger partial charge in [-0.3, -0.25) is 0 Å². The van der Waals surface area contributed by atoms with Crippen LogP contribution in [0, 0.1) is 0 Å². The van der Waals surface area contributed by atoms with Gasteiger partial charge in [-0.2, -0.15) is 4.91 Å². The van der Waals surface area contributed by atoms with Gasteiger partial charge in [0.05, 0.1) is 25.7 Å². The van der Waals surface area contributed by atoms with Gasteiger partial charge in [0.25, 0.3) is 0 Å². The molecule has 0 amide bonds. The van der Waals surface area contributed by atoms with Crippen molar-refractivity contribution in [3.63, 3.8) is 0 Å². The maximum absolute atomic E-state index is 13.1. The van der Waals surface area contributed by atoms with Gasteiger partial charge in [0.15, 0.2) is 0 Å². The Morgan fingerprint density at radius 1 is 1.35 bits per heavy atom. The smallest absolute Gasteiger partial charge is 0.371 e. The van der Waals surface area contributed by atoms with Crippen LogP contribution >= 0.6 is 0 Å². The highest BCUT2D eigenvalue weighted by Crippen LogP contribution is 2.40. The van der Waals surface area contributed by atoms with Crippen molar-refractivity contribution >= 4 is 15.8 Å². The molecule has 1 aliphatic rings. The summed E-state index contributed by atoms with van der Waals surface area (Å²) in [6.45, 7) is 0.147. The molecular weight excluding hydrogens is 324 g/mol. The standard InChI is InChI=1S/C13H16N4O5S/c1-21-10-4-6-11(7-5-10)23(19,20)13(12(18)22-2)8-3-9-17(13)16-15-14/h4-7H,3,8-9H2,1-2H3/t13-/m1/s1. The molecule has 1 aromatic carbocycles. The lowest BCUT2D eigenvalue weighted by molar-refractivity contribution is -0.148. The van der Waals surface area contributed by atoms with Crippen LogP contribution in [0.4, 0.5) is 0 Å². The van der Waals surface area contributed by atoms with Crippen LogP contribution in [0.3, 0.4) is 0 Å². The largest absolute Gasteiger partial charge is 0.497 e. The van der Waals surface area contributed by atoms with Gasteiger partial charge in [0.2, 0.25) is 9.84 Å². The summed E-state index contributed by atoms with van der Waals surface area (Å²) in [5.41, 5.74) is 8.67. The van der Waals surface area contributed by atoms with E-state index in [9.17, 15) is 13.2 Å². The molecule has 1 aliphatic heterocycles. The number of nitrogens with zero attached hydrogens (tertiary/aromatic N) is 4. The van der Waals surface area contributed by atoms with E-state index in [4.69, 9.17) is 15.0 Å². The number of ether oxygens (including phenoxy) is 2. The summed E-state index contributed by atoms with van der Waals surface area (Å²) in [4.78, 5) is 12.8. The van der Waals surface area contributed by atoms with Crippen LogP contribution in [-0.2, 0) is 19.4 Å². The van der Waals surface area contributed by atoms with Crippen molar-refractivity contribution in [2.24, 2.45) is 5.22 Å². The number of carbonyl (C=O) groups excluding carboxylic acids is 1. The molecule has 1 fully saturated rings. The second-order valence-electron chi connectivity index (χ2n) is 4.86. The van der Waals surface area contributed by atoms with Crippen LogP contribution in [-0.4, -0.2) is 45.0 Å². The van der Waals surface area contributed by atoms with Crippen molar-refractivity contribution in [3.05, 3.63) is 34.7 Å². The maximum atomic E-state index is 13.1. The zero-order valence-corrected chi connectivity index (χ0v) is 13.5. The highest BCUT2D eigenvalue weighted by Gasteiger charge is 2.63. The van der Waals surface area contributed by atoms with Crippen LogP contribution in [0.2, 0.25) is 0 Å². The Labute approximate surface area is 133 Å². The number of hydrogen-bond acceptors (Lipinski definition) is 6. The molecule has 124 valence electrons. The minimum Gasteiger partial charge on any atom is -0.497 e. The highest BCUT2D eigenvalue weighted by molar-refractivity contribution is 7.93. The topological polar surface area (TPSA) is 122 Å². The second kappa shape index (κ2) is 6.35. The molecule has 0 spiro atoms. The first-order valence-corrected chi connectivity index (χ1v) is 8.22. The third-order valence-electron chi connectivity index (χ3n) is 3.77. The molecule has 0 aromatic heterocycles. The van der Waals surface area contributed by atoms with Crippen LogP contribution < -0.4 is 4.74 Å². The summed E-state index contributed by atoms with van der Waals surface area (Å²) in [5, 5.41) is 4.32. The predicted molar refractivity (Wildman–Crippen MR) is 80.0 cm³/mol. The lowest BCUT2D eigenvalue weighted by Gasteiger charge is -2.29. The number of carbonyl (C=O) groups is 1. The average molecular weight is 340 g/mol. The van der Waals surface area contributed by atoms with Gasteiger partial charge in [-0.1, -0.05) is 0 Å². The summed E-state index contributed by atoms with van der Waals surface area (Å²) >= 11 is 0. The Morgan fingerprint density at radius 3 is 2.52 bits per heavy atom. The molecule has 1 atom stereocenters. The van der Waals surface area contributed by atoms with Crippen molar-refractivity contribution in [1.82, 2.24) is 5.01 Å². The molecule has 2 rings (SSSR count). The molecule has 0 radical (unpaired) electrons. The fourth-order valence-electron chi connectivity index (χ4n) is 2.64. The number of hydrogen-bond donors (Lipinski definition) is 0. The number of azide groups is 1. The Bertz CT molecular complexity index is 742. The first-order chi connectivity index (χ1) is 10.9. The normalized spacial score (nSPS) is 20.7. The lowest BCUT2D eigenvalue weighted by Crippen LogP contribution is -2.54. The van der Waals surface area contributed by atoms with E-state index in [0.717, 1.165) is 12.1 Å². The first-order valence-electron chi connectivity index (χ1n) is 6.74. The van der Waals surface area contributed by atoms with E-state index in [1.165, 1.54) is 31.4 Å². The van der Waals surface area contributed by atoms with Gasteiger partial charge < -0.3 is 9.47 Å². The van der Waals surface area contributed by atoms with Crippen molar-refractivity contribution < 1.29 is 22.7 Å². The fraction of sp³-hybridized carbons (Fsp3) is 0.462. The lowest BCUT2D eigenvalue weighted by atomic mass is 10.2. The molecule has 0 N–H and O–H groups in total. The number of methoxy groups -OCH3 is 2. The van der Waals surface area contributed by atoms with Crippen molar-refractivity contribution in [3.8, 4) is 5.75 Å². The second-order valence-corrected chi connectivity index (χ2v) is 7.01. The van der Waals surface area contributed by atoms with Crippen LogP contribution in [0.5, 0.6) is 5.75 Å². The van der Waals surface area contributed by atoms with E-state index in [-0.39, 0.29) is 17.9 Å². The molecule has 1 saturated heterocycles. The summed E-state index contributed by atoms with van der Waals surface area (Å²) in [6, 6.07) is 5.63. The van der Waals surface area contributed by atoms with E-state index in [1.807, 2.05) is 0 Å². The fourth-order valence-corrected chi connectivity index (χ4v) is 4.65. The number of benzene rings is 1. The van der Waals surface area contributed by atoms with Crippen molar-refractivity contribution in [2.75, 3.05) is 20.8 Å². The molecule has 0 saturated carbocycles. The number of sulfone groups is 1. The van der Waals surface area contributed by atoms with Crippen LogP contribution in [0.25, 0.3) is 10.4 Å². The van der Waals surface area contributed by atoms with Gasteiger partial charge in [-0.15, -0.1) is 5.53 Å². The molecular formula is C13H16N4O5S. The Balaban J connectivity index is 2.62. The van der Waals surface area contributed by atoms with Crippen LogP contribution in [0.15, 0.2) is 34.4 Å². The zero-order valence-electron chi connectivity index (χ0n) is 12.7. The number of esters is 1. The van der Waals surface area contributed by atoms with Gasteiger partial charge in [0, 0.05) is 6.42 Å². The first kappa shape index (κ1) is 16.9. The van der Waals surface area contributed by atoms with Gasteiger partial charge >= 0.3 is 10.8 Å². The van der Waals surface area contributed by atoms with Crippen LogP contribution in [0.1, 0.15) is 12.8 Å². The molecule has 1 heterocycles. The SMILES string of the molecule is COC(=O)[C@]1(S(=O)(=O)c2ccc(OC)cc2)CCCN1N=[N+]=[N-]. The van der Waals surface area contributed by atoms with E-state index in [0.29, 0.717) is 12.2 Å². The van der Waals surface area contributed by atoms with E-state index < -0.39 is 20.7 Å². The molecule has 1 aromatic rings. The maximum Gasteiger partial charge on any atom is 0.371 e. The van der Waals surface area contributed by atoms with Gasteiger partial charge in [-0.25, -0.2) is 18.2 Å². The molecule has 0 unspecified atom stereocenters. The molecule has 0 bridgehead atoms. The Hall–Kier alpha value is -2.45. The van der Waals surface area contributed by atoms with Crippen molar-refractivity contribution in [1.29, 1.82) is 0 Å². The summed E-state index contributed by atoms with van der Waals surface area (Å²) in [6.07, 6.45) is 0.358. The van der Waals surface area contributed by atoms with Gasteiger partial charge in [-0.05, 0) is 35.9 Å². The van der Waals surface area contributed by atoms with Crippen molar-refractivity contribution in [2.45, 2.75) is 22.6 Å². The minimum absolute atomic E-state index is 0.0208. The quantitative estimate of drug-likeness (QED) is 0.348. The van der Waals surface area contributed by atoms with Gasteiger partial charge in [0.1, 0.15) is 5.75 Å². The molecule has 23 heavy (non-hydrogen) atoms. The summed E-state index contributed by atoms with van der Waals surface area (Å²) in [7, 11) is -1.62. The Kier molecular flexibility index (Phi) is 4.67. The van der Waals surface area contributed by atoms with E-state index >= 15 is 0 Å². The number of rotatable bonds is 5. The molecule has 0 aliphatic carbocycles. The monoisotopic (exact) mass is 340 g/mol. The average Bonchev–Trinajstić information content (AvgIpc) is 2.99. The summed E-state index contributed by atoms with van der Waals surface area (Å²) < 4.78 is 35.8. The predicted octanol–water partition coefficient (Wildman–Crippen LogP) is 1.66. The molecule has 9 nitrogen and oxygen atoms in total. The highest BCUT2D eigenvalue weighted by atomic mass is 32.2. The molecule has 10 heteroatoms. The zero-order chi connectivity index (χ0) is 17.1. The summed E-state index contributed by atoms with van der Waals surface area (Å²) in [5.74, 6) is -0.493. The minimum atomic E-state index is -4.18. The third-order valence-corrected chi connectivity index (χ3v) is 6.13. The van der Waals surface area contributed by atoms with E-state index in [2.05, 4.69) is 10.1 Å². The third kappa shape index (κ3) is 2.55. The van der Waals surface area contributed by atoms with E-state index in [1.54, 1.807) is 0 Å². The Morgan fingerprint density at radius 2 is 2.00 bits per heavy atom.